The number of hydrogen-bond donors (Lipinski definition) is 2. The van der Waals surface area contributed by atoms with Crippen molar-refractivity contribution in [2.45, 2.75) is 51.4 Å². The molecule has 2 N–H and O–H groups in total. The Labute approximate surface area is 117 Å². The van der Waals surface area contributed by atoms with E-state index in [1.165, 1.54) is 45.1 Å². The lowest BCUT2D eigenvalue weighted by molar-refractivity contribution is -0.114. The van der Waals surface area contributed by atoms with Gasteiger partial charge in [0.25, 0.3) is 5.91 Å². The summed E-state index contributed by atoms with van der Waals surface area (Å²) >= 11 is 0. The van der Waals surface area contributed by atoms with E-state index in [-0.39, 0.29) is 5.91 Å². The molecule has 0 aromatic rings. The maximum Gasteiger partial charge on any atom is 0.265 e. The quantitative estimate of drug-likeness (QED) is 0.248. The minimum absolute atomic E-state index is 0.330. The molecule has 0 aliphatic heterocycles. The highest BCUT2D eigenvalue weighted by Crippen LogP contribution is 2.08. The largest absolute Gasteiger partial charge is 0.411 e. The number of carbonyl (C=O) groups excluding carboxylic acids is 1. The van der Waals surface area contributed by atoms with Gasteiger partial charge in [0.15, 0.2) is 0 Å². The minimum atomic E-state index is -0.330. The van der Waals surface area contributed by atoms with E-state index in [9.17, 15) is 4.79 Å². The van der Waals surface area contributed by atoms with Crippen LogP contribution in [0.15, 0.2) is 5.16 Å². The van der Waals surface area contributed by atoms with Crippen LogP contribution in [0, 0.1) is 0 Å². The third-order valence-corrected chi connectivity index (χ3v) is 3.01. The van der Waals surface area contributed by atoms with Gasteiger partial charge in [-0.1, -0.05) is 43.7 Å². The van der Waals surface area contributed by atoms with Gasteiger partial charge in [-0.25, -0.2) is 0 Å². The first-order valence-electron chi connectivity index (χ1n) is 7.27. The van der Waals surface area contributed by atoms with E-state index < -0.39 is 0 Å². The molecule has 0 atom stereocenters. The van der Waals surface area contributed by atoms with E-state index in [1.807, 2.05) is 0 Å². The molecule has 0 rings (SSSR count). The molecule has 0 saturated carbocycles. The van der Waals surface area contributed by atoms with Crippen LogP contribution >= 0.6 is 0 Å². The predicted octanol–water partition coefficient (Wildman–Crippen LogP) is 2.25. The molecule has 0 unspecified atom stereocenters. The molecule has 0 aliphatic carbocycles. The SMILES string of the molecule is CN(C)CCCCCCCCCCNC(=O)C=NO. The Bertz CT molecular complexity index is 243. The topological polar surface area (TPSA) is 64.9 Å². The molecule has 112 valence electrons. The fourth-order valence-electron chi connectivity index (χ4n) is 1.92. The molecule has 0 spiro atoms. The van der Waals surface area contributed by atoms with Crippen LogP contribution in [0.4, 0.5) is 0 Å². The van der Waals surface area contributed by atoms with Gasteiger partial charge >= 0.3 is 0 Å². The molecule has 0 saturated heterocycles. The Morgan fingerprint density at radius 3 is 2.11 bits per heavy atom. The molecule has 0 aromatic heterocycles. The average molecular weight is 271 g/mol. The van der Waals surface area contributed by atoms with Crippen molar-refractivity contribution in [2.75, 3.05) is 27.2 Å². The first-order chi connectivity index (χ1) is 9.16. The van der Waals surface area contributed by atoms with Crippen LogP contribution in [-0.4, -0.2) is 49.4 Å². The molecule has 19 heavy (non-hydrogen) atoms. The summed E-state index contributed by atoms with van der Waals surface area (Å²) in [5.74, 6) is -0.330. The second-order valence-corrected chi connectivity index (χ2v) is 5.17. The number of nitrogens with zero attached hydrogens (tertiary/aromatic N) is 2. The number of unbranched alkanes of at least 4 members (excludes halogenated alkanes) is 7. The number of oxime groups is 1. The van der Waals surface area contributed by atoms with Crippen molar-refractivity contribution in [1.29, 1.82) is 0 Å². The summed E-state index contributed by atoms with van der Waals surface area (Å²) in [7, 11) is 4.23. The third kappa shape index (κ3) is 14.8. The van der Waals surface area contributed by atoms with Crippen molar-refractivity contribution in [3.05, 3.63) is 0 Å². The second-order valence-electron chi connectivity index (χ2n) is 5.17. The summed E-state index contributed by atoms with van der Waals surface area (Å²) < 4.78 is 0. The molecule has 5 heteroatoms. The lowest BCUT2D eigenvalue weighted by Crippen LogP contribution is -2.25. The van der Waals surface area contributed by atoms with Gasteiger partial charge in [0, 0.05) is 6.54 Å². The third-order valence-electron chi connectivity index (χ3n) is 3.01. The van der Waals surface area contributed by atoms with Gasteiger partial charge in [0.05, 0.1) is 0 Å². The van der Waals surface area contributed by atoms with E-state index in [1.54, 1.807) is 0 Å². The van der Waals surface area contributed by atoms with Crippen molar-refractivity contribution < 1.29 is 10.0 Å². The smallest absolute Gasteiger partial charge is 0.265 e. The molecule has 1 amide bonds. The molecule has 0 heterocycles. The predicted molar refractivity (Wildman–Crippen MR) is 78.8 cm³/mol. The number of hydrogen-bond acceptors (Lipinski definition) is 4. The fraction of sp³-hybridized carbons (Fsp3) is 0.857. The molecule has 0 aliphatic rings. The van der Waals surface area contributed by atoms with E-state index in [0.29, 0.717) is 6.54 Å². The molecule has 0 aromatic carbocycles. The lowest BCUT2D eigenvalue weighted by Gasteiger charge is -2.08. The van der Waals surface area contributed by atoms with Gasteiger partial charge in [-0.15, -0.1) is 0 Å². The van der Waals surface area contributed by atoms with Crippen molar-refractivity contribution in [3.63, 3.8) is 0 Å². The van der Waals surface area contributed by atoms with Gasteiger partial charge in [0.2, 0.25) is 0 Å². The fourth-order valence-corrected chi connectivity index (χ4v) is 1.92. The Hall–Kier alpha value is -1.10. The van der Waals surface area contributed by atoms with Crippen molar-refractivity contribution in [2.24, 2.45) is 5.16 Å². The zero-order chi connectivity index (χ0) is 14.3. The highest BCUT2D eigenvalue weighted by molar-refractivity contribution is 6.25. The summed E-state index contributed by atoms with van der Waals surface area (Å²) in [6.45, 7) is 1.85. The molecule has 0 radical (unpaired) electrons. The Kier molecular flexibility index (Phi) is 12.6. The summed E-state index contributed by atoms with van der Waals surface area (Å²) in [5.41, 5.74) is 0. The Morgan fingerprint density at radius 1 is 1.05 bits per heavy atom. The maximum absolute atomic E-state index is 10.9. The lowest BCUT2D eigenvalue weighted by atomic mass is 10.1. The van der Waals surface area contributed by atoms with Gasteiger partial charge in [-0.05, 0) is 33.5 Å². The number of nitrogens with one attached hydrogen (secondary N) is 1. The monoisotopic (exact) mass is 271 g/mol. The molecular weight excluding hydrogens is 242 g/mol. The Balaban J connectivity index is 3.09. The van der Waals surface area contributed by atoms with E-state index in [0.717, 1.165) is 19.1 Å². The standard InChI is InChI=1S/C14H29N3O2/c1-17(2)12-10-8-6-4-3-5-7-9-11-15-14(18)13-16-19/h13,19H,3-12H2,1-2H3,(H,15,18). The van der Waals surface area contributed by atoms with Crippen molar-refractivity contribution in [3.8, 4) is 0 Å². The van der Waals surface area contributed by atoms with Crippen LogP contribution in [0.1, 0.15) is 51.4 Å². The maximum atomic E-state index is 10.9. The van der Waals surface area contributed by atoms with Crippen LogP contribution in [-0.2, 0) is 4.79 Å². The van der Waals surface area contributed by atoms with E-state index >= 15 is 0 Å². The number of rotatable bonds is 12. The van der Waals surface area contributed by atoms with Gasteiger partial charge < -0.3 is 15.4 Å². The molecule has 0 bridgehead atoms. The minimum Gasteiger partial charge on any atom is -0.411 e. The number of carbonyl (C=O) groups is 1. The van der Waals surface area contributed by atoms with Crippen LogP contribution in [0.2, 0.25) is 0 Å². The van der Waals surface area contributed by atoms with Crippen LogP contribution in [0.5, 0.6) is 0 Å². The van der Waals surface area contributed by atoms with Gasteiger partial charge in [-0.3, -0.25) is 4.79 Å². The van der Waals surface area contributed by atoms with E-state index in [4.69, 9.17) is 5.21 Å². The van der Waals surface area contributed by atoms with E-state index in [2.05, 4.69) is 29.5 Å². The first-order valence-corrected chi connectivity index (χ1v) is 7.27. The highest BCUT2D eigenvalue weighted by Gasteiger charge is 1.96. The van der Waals surface area contributed by atoms with Crippen LogP contribution in [0.25, 0.3) is 0 Å². The first kappa shape index (κ1) is 17.9. The van der Waals surface area contributed by atoms with Crippen molar-refractivity contribution >= 4 is 12.1 Å². The summed E-state index contributed by atoms with van der Waals surface area (Å²) in [6, 6.07) is 0. The van der Waals surface area contributed by atoms with Crippen LogP contribution in [0.3, 0.4) is 0 Å². The highest BCUT2D eigenvalue weighted by atomic mass is 16.4. The van der Waals surface area contributed by atoms with Gasteiger partial charge in [0.1, 0.15) is 6.21 Å². The molecule has 0 fully saturated rings. The normalized spacial score (nSPS) is 11.3. The molecular formula is C14H29N3O2. The average Bonchev–Trinajstić information content (AvgIpc) is 2.36. The Morgan fingerprint density at radius 2 is 1.58 bits per heavy atom. The zero-order valence-corrected chi connectivity index (χ0v) is 12.4. The summed E-state index contributed by atoms with van der Waals surface area (Å²) in [6.07, 6.45) is 10.8. The molecule has 5 nitrogen and oxygen atoms in total. The van der Waals surface area contributed by atoms with Gasteiger partial charge in [-0.2, -0.15) is 0 Å². The van der Waals surface area contributed by atoms with Crippen molar-refractivity contribution in [1.82, 2.24) is 10.2 Å². The zero-order valence-electron chi connectivity index (χ0n) is 12.4. The number of amides is 1. The van der Waals surface area contributed by atoms with Crippen LogP contribution < -0.4 is 5.32 Å². The second kappa shape index (κ2) is 13.3. The summed E-state index contributed by atoms with van der Waals surface area (Å²) in [5, 5.41) is 13.5. The summed E-state index contributed by atoms with van der Waals surface area (Å²) in [4.78, 5) is 13.1.